The second-order valence-electron chi connectivity index (χ2n) is 3.93. The maximum absolute atomic E-state index is 10.9. The van der Waals surface area contributed by atoms with Gasteiger partial charge in [-0.15, -0.1) is 0 Å². The monoisotopic (exact) mass is 278 g/mol. The lowest BCUT2D eigenvalue weighted by molar-refractivity contribution is 0.0662. The van der Waals surface area contributed by atoms with E-state index in [1.807, 2.05) is 0 Å². The van der Waals surface area contributed by atoms with E-state index in [1.54, 1.807) is 32.2 Å². The third-order valence-electron chi connectivity index (χ3n) is 2.64. The molecule has 0 saturated carbocycles. The Hall–Kier alpha value is -2.70. The molecule has 0 fully saturated rings. The van der Waals surface area contributed by atoms with E-state index < -0.39 is 5.97 Å². The van der Waals surface area contributed by atoms with Gasteiger partial charge in [-0.3, -0.25) is 0 Å². The van der Waals surface area contributed by atoms with Crippen molar-refractivity contribution in [1.29, 1.82) is 0 Å². The van der Waals surface area contributed by atoms with Crippen LogP contribution in [0.15, 0.2) is 22.6 Å². The normalized spacial score (nSPS) is 10.2. The quantitative estimate of drug-likeness (QED) is 0.867. The van der Waals surface area contributed by atoms with Crippen molar-refractivity contribution in [3.63, 3.8) is 0 Å². The zero-order chi connectivity index (χ0) is 14.7. The number of nitrogens with zero attached hydrogens (tertiary/aromatic N) is 1. The van der Waals surface area contributed by atoms with Crippen LogP contribution in [0.25, 0.3) is 0 Å². The van der Waals surface area contributed by atoms with Crippen molar-refractivity contribution in [1.82, 2.24) is 4.98 Å². The van der Waals surface area contributed by atoms with Crippen LogP contribution in [0, 0.1) is 6.92 Å². The largest absolute Gasteiger partial charge is 0.497 e. The van der Waals surface area contributed by atoms with E-state index in [9.17, 15) is 4.79 Å². The number of ether oxygens (including phenoxy) is 2. The van der Waals surface area contributed by atoms with Crippen LogP contribution in [-0.2, 0) is 0 Å². The molecule has 2 rings (SSSR count). The fourth-order valence-electron chi connectivity index (χ4n) is 1.67. The lowest BCUT2D eigenvalue weighted by atomic mass is 10.2. The minimum absolute atomic E-state index is 0.0865. The predicted octanol–water partition coefficient (Wildman–Crippen LogP) is 2.44. The maximum atomic E-state index is 10.9. The number of anilines is 2. The first kappa shape index (κ1) is 13.7. The third kappa shape index (κ3) is 2.66. The van der Waals surface area contributed by atoms with E-state index in [2.05, 4.69) is 10.3 Å². The molecular formula is C13H14N2O5. The number of carboxylic acids is 1. The highest BCUT2D eigenvalue weighted by Gasteiger charge is 2.17. The number of aryl methyl sites for hydroxylation is 1. The van der Waals surface area contributed by atoms with Gasteiger partial charge in [-0.25, -0.2) is 4.79 Å². The Morgan fingerprint density at radius 1 is 1.35 bits per heavy atom. The summed E-state index contributed by atoms with van der Waals surface area (Å²) in [4.78, 5) is 14.9. The summed E-state index contributed by atoms with van der Waals surface area (Å²) in [6.45, 7) is 1.56. The summed E-state index contributed by atoms with van der Waals surface area (Å²) in [5.41, 5.74) is 0.888. The molecule has 0 bridgehead atoms. The number of benzene rings is 1. The van der Waals surface area contributed by atoms with Gasteiger partial charge in [0.15, 0.2) is 0 Å². The van der Waals surface area contributed by atoms with E-state index in [-0.39, 0.29) is 11.8 Å². The molecule has 20 heavy (non-hydrogen) atoms. The van der Waals surface area contributed by atoms with Gasteiger partial charge < -0.3 is 24.3 Å². The molecule has 0 aliphatic carbocycles. The highest BCUT2D eigenvalue weighted by molar-refractivity contribution is 5.86. The summed E-state index contributed by atoms with van der Waals surface area (Å²) in [5.74, 6) is -0.191. The standard InChI is InChI=1S/C13H14N2O5/c1-7-11(12(16)17)20-13(14-7)15-9-5-4-8(18-2)6-10(9)19-3/h4-6H,1-3H3,(H,14,15)(H,16,17). The Morgan fingerprint density at radius 3 is 2.65 bits per heavy atom. The van der Waals surface area contributed by atoms with E-state index in [0.717, 1.165) is 0 Å². The molecule has 0 radical (unpaired) electrons. The van der Waals surface area contributed by atoms with Crippen molar-refractivity contribution in [3.8, 4) is 11.5 Å². The molecule has 2 aromatic rings. The highest BCUT2D eigenvalue weighted by atomic mass is 16.5. The first-order valence-electron chi connectivity index (χ1n) is 5.75. The molecule has 2 N–H and O–H groups in total. The van der Waals surface area contributed by atoms with Crippen molar-refractivity contribution in [2.45, 2.75) is 6.92 Å². The number of methoxy groups -OCH3 is 2. The molecule has 0 saturated heterocycles. The Morgan fingerprint density at radius 2 is 2.10 bits per heavy atom. The topological polar surface area (TPSA) is 93.8 Å². The molecule has 0 aliphatic heterocycles. The Bertz CT molecular complexity index is 636. The average Bonchev–Trinajstić information content (AvgIpc) is 2.80. The van der Waals surface area contributed by atoms with Crippen LogP contribution in [0.2, 0.25) is 0 Å². The highest BCUT2D eigenvalue weighted by Crippen LogP contribution is 2.31. The molecule has 0 amide bonds. The number of aromatic carboxylic acids is 1. The molecule has 7 heteroatoms. The Kier molecular flexibility index (Phi) is 3.79. The van der Waals surface area contributed by atoms with Gasteiger partial charge >= 0.3 is 5.97 Å². The number of carboxylic acid groups (broad SMARTS) is 1. The summed E-state index contributed by atoms with van der Waals surface area (Å²) < 4.78 is 15.4. The molecule has 0 unspecified atom stereocenters. The molecular weight excluding hydrogens is 264 g/mol. The van der Waals surface area contributed by atoms with Crippen molar-refractivity contribution < 1.29 is 23.8 Å². The van der Waals surface area contributed by atoms with Crippen molar-refractivity contribution in [3.05, 3.63) is 29.7 Å². The van der Waals surface area contributed by atoms with Gasteiger partial charge in [0.2, 0.25) is 5.76 Å². The van der Waals surface area contributed by atoms with E-state index in [4.69, 9.17) is 19.0 Å². The number of carbonyl (C=O) groups is 1. The van der Waals surface area contributed by atoms with Gasteiger partial charge in [0.05, 0.1) is 25.6 Å². The third-order valence-corrected chi connectivity index (χ3v) is 2.64. The van der Waals surface area contributed by atoms with Gasteiger partial charge in [-0.1, -0.05) is 0 Å². The van der Waals surface area contributed by atoms with Crippen molar-refractivity contribution >= 4 is 17.7 Å². The fraction of sp³-hybridized carbons (Fsp3) is 0.231. The van der Waals surface area contributed by atoms with Gasteiger partial charge in [-0.2, -0.15) is 4.98 Å². The Labute approximate surface area is 115 Å². The molecule has 1 aromatic heterocycles. The van der Waals surface area contributed by atoms with Crippen LogP contribution in [0.4, 0.5) is 11.7 Å². The van der Waals surface area contributed by atoms with Crippen molar-refractivity contribution in [2.24, 2.45) is 0 Å². The molecule has 0 atom stereocenters. The first-order valence-corrected chi connectivity index (χ1v) is 5.75. The fourth-order valence-corrected chi connectivity index (χ4v) is 1.67. The molecule has 1 heterocycles. The lowest BCUT2D eigenvalue weighted by Crippen LogP contribution is -1.96. The number of oxazole rings is 1. The number of aromatic nitrogens is 1. The summed E-state index contributed by atoms with van der Waals surface area (Å²) in [7, 11) is 3.07. The Balaban J connectivity index is 2.30. The van der Waals surface area contributed by atoms with Crippen LogP contribution in [0.5, 0.6) is 11.5 Å². The summed E-state index contributed by atoms with van der Waals surface area (Å²) in [6, 6.07) is 5.23. The molecule has 7 nitrogen and oxygen atoms in total. The SMILES string of the molecule is COc1ccc(Nc2nc(C)c(C(=O)O)o2)c(OC)c1. The van der Waals surface area contributed by atoms with E-state index in [0.29, 0.717) is 22.9 Å². The molecule has 106 valence electrons. The first-order chi connectivity index (χ1) is 9.55. The predicted molar refractivity (Wildman–Crippen MR) is 71.0 cm³/mol. The van der Waals surface area contributed by atoms with Crippen LogP contribution in [-0.4, -0.2) is 30.3 Å². The molecule has 0 aliphatic rings. The maximum Gasteiger partial charge on any atom is 0.373 e. The van der Waals surface area contributed by atoms with Gasteiger partial charge in [0.1, 0.15) is 11.5 Å². The van der Waals surface area contributed by atoms with E-state index in [1.165, 1.54) is 7.11 Å². The van der Waals surface area contributed by atoms with Crippen molar-refractivity contribution in [2.75, 3.05) is 19.5 Å². The average molecular weight is 278 g/mol. The summed E-state index contributed by atoms with van der Waals surface area (Å²) in [6.07, 6.45) is 0. The van der Waals surface area contributed by atoms with Crippen LogP contribution >= 0.6 is 0 Å². The van der Waals surface area contributed by atoms with E-state index >= 15 is 0 Å². The number of hydrogen-bond donors (Lipinski definition) is 2. The van der Waals surface area contributed by atoms with Gasteiger partial charge in [0, 0.05) is 6.07 Å². The minimum Gasteiger partial charge on any atom is -0.497 e. The van der Waals surface area contributed by atoms with Crippen LogP contribution < -0.4 is 14.8 Å². The second-order valence-corrected chi connectivity index (χ2v) is 3.93. The summed E-state index contributed by atoms with van der Waals surface area (Å²) in [5, 5.41) is 11.8. The lowest BCUT2D eigenvalue weighted by Gasteiger charge is -2.10. The smallest absolute Gasteiger partial charge is 0.373 e. The van der Waals surface area contributed by atoms with Crippen LogP contribution in [0.1, 0.15) is 16.2 Å². The minimum atomic E-state index is -1.16. The number of nitrogens with one attached hydrogen (secondary N) is 1. The number of rotatable bonds is 5. The summed E-state index contributed by atoms with van der Waals surface area (Å²) >= 11 is 0. The van der Waals surface area contributed by atoms with Gasteiger partial charge in [0.25, 0.3) is 6.01 Å². The van der Waals surface area contributed by atoms with Gasteiger partial charge in [-0.05, 0) is 19.1 Å². The zero-order valence-corrected chi connectivity index (χ0v) is 11.3. The van der Waals surface area contributed by atoms with Crippen LogP contribution in [0.3, 0.4) is 0 Å². The zero-order valence-electron chi connectivity index (χ0n) is 11.3. The number of hydrogen-bond acceptors (Lipinski definition) is 6. The molecule has 0 spiro atoms. The second kappa shape index (κ2) is 5.52. The molecule has 1 aromatic carbocycles.